The topological polar surface area (TPSA) is 57.2 Å². The Labute approximate surface area is 121 Å². The maximum absolute atomic E-state index is 12.0. The minimum absolute atomic E-state index is 0.151. The Hall–Kier alpha value is -0.920. The van der Waals surface area contributed by atoms with Crippen LogP contribution in [-0.2, 0) is 11.4 Å². The third kappa shape index (κ3) is 5.60. The van der Waals surface area contributed by atoms with Crippen molar-refractivity contribution in [3.63, 3.8) is 0 Å². The first kappa shape index (κ1) is 17.1. The highest BCUT2D eigenvalue weighted by Gasteiger charge is 2.28. The average Bonchev–Trinajstić information content (AvgIpc) is 2.35. The highest BCUT2D eigenvalue weighted by Crippen LogP contribution is 2.20. The lowest BCUT2D eigenvalue weighted by atomic mass is 10.2. The Bertz CT molecular complexity index is 410. The highest BCUT2D eigenvalue weighted by atomic mass is 32.2. The number of halogens is 2. The number of hydrogen-bond acceptors (Lipinski definition) is 4. The van der Waals surface area contributed by atoms with E-state index in [1.54, 1.807) is 6.07 Å². The first-order valence-electron chi connectivity index (χ1n) is 6.25. The summed E-state index contributed by atoms with van der Waals surface area (Å²) in [4.78, 5) is 3.95. The van der Waals surface area contributed by atoms with Crippen molar-refractivity contribution in [2.24, 2.45) is 0 Å². The van der Waals surface area contributed by atoms with Crippen LogP contribution in [0.2, 0.25) is 0 Å². The lowest BCUT2D eigenvalue weighted by Gasteiger charge is -2.26. The zero-order chi connectivity index (χ0) is 15.3. The number of hydrogen-bond donors (Lipinski definition) is 1. The molecule has 1 aromatic heterocycles. The molecule has 114 valence electrons. The third-order valence-electron chi connectivity index (χ3n) is 2.46. The molecular formula is C13H20F2N2O2S. The summed E-state index contributed by atoms with van der Waals surface area (Å²) in [6.45, 7) is 6.82. The fourth-order valence-electron chi connectivity index (χ4n) is 1.29. The number of nitrogens with one attached hydrogen (secondary N) is 1. The summed E-state index contributed by atoms with van der Waals surface area (Å²) in [6.07, 6.45) is -0.996. The molecule has 0 bridgehead atoms. The van der Waals surface area contributed by atoms with Crippen LogP contribution < -0.4 is 9.46 Å². The Morgan fingerprint density at radius 2 is 2.05 bits per heavy atom. The number of ether oxygens (including phenoxy) is 1. The highest BCUT2D eigenvalue weighted by molar-refractivity contribution is 7.90. The number of pyridine rings is 1. The van der Waals surface area contributed by atoms with Crippen molar-refractivity contribution >= 4 is 11.4 Å². The van der Waals surface area contributed by atoms with Gasteiger partial charge >= 0.3 is 0 Å². The second-order valence-electron chi connectivity index (χ2n) is 5.35. The van der Waals surface area contributed by atoms with Gasteiger partial charge in [-0.3, -0.25) is 0 Å². The molecule has 7 heteroatoms. The van der Waals surface area contributed by atoms with E-state index in [0.29, 0.717) is 0 Å². The molecule has 0 unspecified atom stereocenters. The van der Waals surface area contributed by atoms with E-state index >= 15 is 0 Å². The van der Waals surface area contributed by atoms with Crippen molar-refractivity contribution in [3.8, 4) is 5.88 Å². The van der Waals surface area contributed by atoms with Gasteiger partial charge in [-0.15, -0.1) is 4.72 Å². The maximum Gasteiger partial charge on any atom is 0.272 e. The molecule has 0 aliphatic carbocycles. The van der Waals surface area contributed by atoms with Crippen LogP contribution in [0.3, 0.4) is 0 Å². The Balaban J connectivity index is 2.59. The van der Waals surface area contributed by atoms with Gasteiger partial charge in [0, 0.05) is 23.6 Å². The average molecular weight is 306 g/mol. The predicted molar refractivity (Wildman–Crippen MR) is 75.2 cm³/mol. The summed E-state index contributed by atoms with van der Waals surface area (Å²) < 4.78 is 43.4. The van der Waals surface area contributed by atoms with Crippen LogP contribution in [0, 0.1) is 0 Å². The van der Waals surface area contributed by atoms with Crippen LogP contribution in [0.25, 0.3) is 0 Å². The summed E-state index contributed by atoms with van der Waals surface area (Å²) in [5.74, 6) is 0.151. The number of rotatable bonds is 6. The molecule has 0 saturated heterocycles. The largest absolute Gasteiger partial charge is 0.598 e. The number of aromatic nitrogens is 1. The van der Waals surface area contributed by atoms with Gasteiger partial charge in [0.25, 0.3) is 6.43 Å². The van der Waals surface area contributed by atoms with Gasteiger partial charge in [-0.05, 0) is 33.3 Å². The minimum Gasteiger partial charge on any atom is -0.598 e. The molecule has 4 nitrogen and oxygen atoms in total. The van der Waals surface area contributed by atoms with Crippen LogP contribution in [0.15, 0.2) is 18.3 Å². The fraction of sp³-hybridized carbons (Fsp3) is 0.615. The molecule has 0 spiro atoms. The molecule has 0 amide bonds. The summed E-state index contributed by atoms with van der Waals surface area (Å²) in [5.41, 5.74) is 0.812. The molecule has 2 atom stereocenters. The standard InChI is InChI=1S/C13H20F2N2O2S/c1-9(17-20(18)13(2,3)4)10-5-6-12(16-7-10)19-8-11(14)15/h5-7,9,11,17H,8H2,1-4H3/t9-,20-/m1/s1. The molecule has 0 radical (unpaired) electrons. The first-order valence-corrected chi connectivity index (χ1v) is 7.40. The zero-order valence-corrected chi connectivity index (χ0v) is 12.8. The van der Waals surface area contributed by atoms with Crippen molar-refractivity contribution < 1.29 is 18.1 Å². The van der Waals surface area contributed by atoms with Gasteiger partial charge in [-0.25, -0.2) is 13.8 Å². The Morgan fingerprint density at radius 1 is 1.40 bits per heavy atom. The number of nitrogens with zero attached hydrogens (tertiary/aromatic N) is 1. The van der Waals surface area contributed by atoms with E-state index in [1.165, 1.54) is 12.3 Å². The second-order valence-corrected chi connectivity index (χ2v) is 7.35. The molecular weight excluding hydrogens is 286 g/mol. The van der Waals surface area contributed by atoms with E-state index < -0.39 is 24.4 Å². The molecule has 0 aliphatic heterocycles. The quantitative estimate of drug-likeness (QED) is 0.821. The summed E-state index contributed by atoms with van der Waals surface area (Å²) in [5, 5.41) is 0. The van der Waals surface area contributed by atoms with Crippen LogP contribution >= 0.6 is 0 Å². The first-order chi connectivity index (χ1) is 9.20. The second kappa shape index (κ2) is 7.19. The molecule has 1 rings (SSSR count). The van der Waals surface area contributed by atoms with E-state index in [9.17, 15) is 13.3 Å². The van der Waals surface area contributed by atoms with Crippen molar-refractivity contribution in [2.45, 2.75) is 44.9 Å². The lowest BCUT2D eigenvalue weighted by Crippen LogP contribution is -2.40. The fourth-order valence-corrected chi connectivity index (χ4v) is 2.10. The monoisotopic (exact) mass is 306 g/mol. The smallest absolute Gasteiger partial charge is 0.272 e. The lowest BCUT2D eigenvalue weighted by molar-refractivity contribution is 0.0796. The molecule has 0 fully saturated rings. The zero-order valence-electron chi connectivity index (χ0n) is 12.0. The molecule has 1 N–H and O–H groups in total. The molecule has 0 saturated carbocycles. The van der Waals surface area contributed by atoms with Gasteiger partial charge in [-0.1, -0.05) is 6.07 Å². The van der Waals surface area contributed by atoms with Crippen LogP contribution in [0.4, 0.5) is 8.78 Å². The molecule has 1 heterocycles. The molecule has 20 heavy (non-hydrogen) atoms. The predicted octanol–water partition coefficient (Wildman–Crippen LogP) is 2.84. The van der Waals surface area contributed by atoms with Gasteiger partial charge in [0.05, 0.1) is 6.04 Å². The van der Waals surface area contributed by atoms with Gasteiger partial charge in [0.1, 0.15) is 4.75 Å². The van der Waals surface area contributed by atoms with Crippen molar-refractivity contribution in [2.75, 3.05) is 6.61 Å². The molecule has 0 aromatic carbocycles. The Morgan fingerprint density at radius 3 is 2.50 bits per heavy atom. The third-order valence-corrected chi connectivity index (χ3v) is 4.14. The van der Waals surface area contributed by atoms with E-state index in [0.717, 1.165) is 5.56 Å². The van der Waals surface area contributed by atoms with Crippen LogP contribution in [0.5, 0.6) is 5.88 Å². The Kier molecular flexibility index (Phi) is 6.16. The summed E-state index contributed by atoms with van der Waals surface area (Å²) >= 11 is -1.19. The van der Waals surface area contributed by atoms with Gasteiger partial charge < -0.3 is 9.29 Å². The van der Waals surface area contributed by atoms with Crippen molar-refractivity contribution in [1.29, 1.82) is 0 Å². The van der Waals surface area contributed by atoms with Gasteiger partial charge in [-0.2, -0.15) is 0 Å². The van der Waals surface area contributed by atoms with E-state index in [4.69, 9.17) is 4.74 Å². The van der Waals surface area contributed by atoms with Gasteiger partial charge in [0.15, 0.2) is 6.61 Å². The normalized spacial score (nSPS) is 15.2. The maximum atomic E-state index is 12.0. The number of alkyl halides is 2. The van der Waals surface area contributed by atoms with Crippen LogP contribution in [-0.4, -0.2) is 27.3 Å². The summed E-state index contributed by atoms with van der Waals surface area (Å²) in [7, 11) is 0. The van der Waals surface area contributed by atoms with E-state index in [-0.39, 0.29) is 16.7 Å². The molecule has 1 aromatic rings. The molecule has 0 aliphatic rings. The van der Waals surface area contributed by atoms with E-state index in [1.807, 2.05) is 27.7 Å². The minimum atomic E-state index is -2.52. The van der Waals surface area contributed by atoms with Gasteiger partial charge in [0.2, 0.25) is 5.88 Å². The van der Waals surface area contributed by atoms with Crippen molar-refractivity contribution in [1.82, 2.24) is 9.71 Å². The SMILES string of the molecule is C[C@@H](N[S@+]([O-])C(C)(C)C)c1ccc(OCC(F)F)nc1. The van der Waals surface area contributed by atoms with Crippen molar-refractivity contribution in [3.05, 3.63) is 23.9 Å². The van der Waals surface area contributed by atoms with Crippen LogP contribution in [0.1, 0.15) is 39.3 Å². The van der Waals surface area contributed by atoms with E-state index in [2.05, 4.69) is 9.71 Å². The summed E-state index contributed by atoms with van der Waals surface area (Å²) in [6, 6.07) is 3.08.